The third-order valence-corrected chi connectivity index (χ3v) is 2.82. The minimum atomic E-state index is -0.492. The molecular weight excluding hydrogens is 232 g/mol. The molecule has 0 unspecified atom stereocenters. The molecule has 1 aliphatic rings. The van der Waals surface area contributed by atoms with Crippen LogP contribution in [0.15, 0.2) is 0 Å². The fraction of sp³-hybridized carbons (Fsp3) is 0.800. The minimum absolute atomic E-state index is 0.205. The molecule has 1 saturated heterocycles. The first-order valence-corrected chi connectivity index (χ1v) is 6.39. The first-order chi connectivity index (χ1) is 7.54. The van der Waals surface area contributed by atoms with Gasteiger partial charge in [0, 0.05) is 19.6 Å². The second-order valence-corrected chi connectivity index (χ2v) is 4.46. The first-order valence-electron chi connectivity index (χ1n) is 4.99. The second kappa shape index (κ2) is 6.10. The fourth-order valence-electron chi connectivity index (χ4n) is 1.61. The normalized spacial score (nSPS) is 28.8. The number of carbonyl (C=O) groups is 2. The SMILES string of the molecule is CSC[C@H]1OC[C@H](OC(C)=O)[C@@H]1OC(C)=O. The van der Waals surface area contributed by atoms with Crippen LogP contribution in [-0.2, 0) is 23.8 Å². The molecule has 1 aliphatic heterocycles. The Morgan fingerprint density at radius 1 is 1.31 bits per heavy atom. The molecule has 0 saturated carbocycles. The molecule has 1 rings (SSSR count). The fourth-order valence-corrected chi connectivity index (χ4v) is 2.23. The summed E-state index contributed by atoms with van der Waals surface area (Å²) in [6.07, 6.45) is 0.753. The minimum Gasteiger partial charge on any atom is -0.456 e. The van der Waals surface area contributed by atoms with Crippen molar-refractivity contribution in [1.82, 2.24) is 0 Å². The lowest BCUT2D eigenvalue weighted by atomic mass is 10.1. The molecule has 5 nitrogen and oxygen atoms in total. The summed E-state index contributed by atoms with van der Waals surface area (Å²) in [6, 6.07) is 0. The average Bonchev–Trinajstić information content (AvgIpc) is 2.49. The van der Waals surface area contributed by atoms with Gasteiger partial charge in [-0.15, -0.1) is 0 Å². The molecule has 0 N–H and O–H groups in total. The second-order valence-electron chi connectivity index (χ2n) is 3.55. The van der Waals surface area contributed by atoms with E-state index in [1.807, 2.05) is 6.26 Å². The summed E-state index contributed by atoms with van der Waals surface area (Å²) < 4.78 is 15.6. The van der Waals surface area contributed by atoms with Crippen LogP contribution in [0.5, 0.6) is 0 Å². The van der Waals surface area contributed by atoms with Gasteiger partial charge in [-0.05, 0) is 6.26 Å². The Morgan fingerprint density at radius 3 is 2.44 bits per heavy atom. The molecule has 1 heterocycles. The van der Waals surface area contributed by atoms with Crippen molar-refractivity contribution >= 4 is 23.7 Å². The molecule has 0 aromatic heterocycles. The van der Waals surface area contributed by atoms with Crippen molar-refractivity contribution in [3.8, 4) is 0 Å². The van der Waals surface area contributed by atoms with E-state index in [2.05, 4.69) is 0 Å². The number of thioether (sulfide) groups is 1. The van der Waals surface area contributed by atoms with Crippen LogP contribution in [0.3, 0.4) is 0 Å². The van der Waals surface area contributed by atoms with Crippen molar-refractivity contribution in [2.45, 2.75) is 32.2 Å². The van der Waals surface area contributed by atoms with Crippen LogP contribution in [0.1, 0.15) is 13.8 Å². The highest BCUT2D eigenvalue weighted by Gasteiger charge is 2.41. The van der Waals surface area contributed by atoms with Gasteiger partial charge in [0.05, 0.1) is 6.61 Å². The van der Waals surface area contributed by atoms with Crippen LogP contribution in [0.2, 0.25) is 0 Å². The molecule has 16 heavy (non-hydrogen) atoms. The Bertz CT molecular complexity index is 268. The van der Waals surface area contributed by atoms with Gasteiger partial charge < -0.3 is 14.2 Å². The molecule has 1 fully saturated rings. The highest BCUT2D eigenvalue weighted by Crippen LogP contribution is 2.23. The predicted octanol–water partition coefficient (Wildman–Crippen LogP) is 0.612. The van der Waals surface area contributed by atoms with Crippen molar-refractivity contribution in [3.63, 3.8) is 0 Å². The highest BCUT2D eigenvalue weighted by molar-refractivity contribution is 7.98. The van der Waals surface area contributed by atoms with Gasteiger partial charge in [0.15, 0.2) is 12.2 Å². The zero-order valence-corrected chi connectivity index (χ0v) is 10.4. The summed E-state index contributed by atoms with van der Waals surface area (Å²) >= 11 is 1.59. The van der Waals surface area contributed by atoms with Gasteiger partial charge in [0.2, 0.25) is 0 Å². The Labute approximate surface area is 98.8 Å². The van der Waals surface area contributed by atoms with E-state index in [0.717, 1.165) is 0 Å². The van der Waals surface area contributed by atoms with Crippen molar-refractivity contribution in [2.75, 3.05) is 18.6 Å². The van der Waals surface area contributed by atoms with E-state index >= 15 is 0 Å². The maximum absolute atomic E-state index is 11.0. The summed E-state index contributed by atoms with van der Waals surface area (Å²) in [6.45, 7) is 2.94. The third kappa shape index (κ3) is 3.68. The molecule has 0 aromatic rings. The van der Waals surface area contributed by atoms with Gasteiger partial charge in [-0.1, -0.05) is 0 Å². The lowest BCUT2D eigenvalue weighted by Gasteiger charge is -2.21. The largest absolute Gasteiger partial charge is 0.456 e. The van der Waals surface area contributed by atoms with E-state index < -0.39 is 24.1 Å². The predicted molar refractivity (Wildman–Crippen MR) is 59.2 cm³/mol. The molecule has 0 aromatic carbocycles. The van der Waals surface area contributed by atoms with Crippen molar-refractivity contribution in [2.24, 2.45) is 0 Å². The molecule has 0 aliphatic carbocycles. The van der Waals surface area contributed by atoms with Crippen molar-refractivity contribution in [1.29, 1.82) is 0 Å². The smallest absolute Gasteiger partial charge is 0.303 e. The zero-order chi connectivity index (χ0) is 12.1. The van der Waals surface area contributed by atoms with Crippen LogP contribution in [0, 0.1) is 0 Å². The molecule has 0 amide bonds. The van der Waals surface area contributed by atoms with Crippen LogP contribution in [0.4, 0.5) is 0 Å². The highest BCUT2D eigenvalue weighted by atomic mass is 32.2. The van der Waals surface area contributed by atoms with Crippen LogP contribution in [0.25, 0.3) is 0 Å². The average molecular weight is 248 g/mol. The Kier molecular flexibility index (Phi) is 5.08. The van der Waals surface area contributed by atoms with E-state index in [4.69, 9.17) is 14.2 Å². The van der Waals surface area contributed by atoms with Gasteiger partial charge >= 0.3 is 11.9 Å². The third-order valence-electron chi connectivity index (χ3n) is 2.16. The van der Waals surface area contributed by atoms with Gasteiger partial charge in [-0.2, -0.15) is 11.8 Å². The van der Waals surface area contributed by atoms with E-state index in [9.17, 15) is 9.59 Å². The quantitative estimate of drug-likeness (QED) is 0.679. The zero-order valence-electron chi connectivity index (χ0n) is 9.60. The van der Waals surface area contributed by atoms with Gasteiger partial charge in [-0.3, -0.25) is 9.59 Å². The Balaban J connectivity index is 2.62. The van der Waals surface area contributed by atoms with E-state index in [1.54, 1.807) is 11.8 Å². The molecule has 0 bridgehead atoms. The van der Waals surface area contributed by atoms with Gasteiger partial charge in [-0.25, -0.2) is 0 Å². The molecule has 6 heteroatoms. The maximum Gasteiger partial charge on any atom is 0.303 e. The number of esters is 2. The summed E-state index contributed by atoms with van der Waals surface area (Å²) in [5.41, 5.74) is 0. The van der Waals surface area contributed by atoms with Gasteiger partial charge in [0.1, 0.15) is 6.10 Å². The van der Waals surface area contributed by atoms with Crippen LogP contribution >= 0.6 is 11.8 Å². The van der Waals surface area contributed by atoms with Gasteiger partial charge in [0.25, 0.3) is 0 Å². The summed E-state index contributed by atoms with van der Waals surface area (Å²) in [7, 11) is 0. The molecular formula is C10H16O5S. The Morgan fingerprint density at radius 2 is 1.94 bits per heavy atom. The topological polar surface area (TPSA) is 61.8 Å². The van der Waals surface area contributed by atoms with Crippen LogP contribution < -0.4 is 0 Å². The molecule has 0 spiro atoms. The first kappa shape index (κ1) is 13.3. The molecule has 3 atom stereocenters. The Hall–Kier alpha value is -0.750. The number of rotatable bonds is 4. The van der Waals surface area contributed by atoms with E-state index in [-0.39, 0.29) is 12.7 Å². The van der Waals surface area contributed by atoms with Crippen molar-refractivity contribution < 1.29 is 23.8 Å². The summed E-state index contributed by atoms with van der Waals surface area (Å²) in [4.78, 5) is 21.8. The molecule has 0 radical (unpaired) electrons. The molecule has 92 valence electrons. The van der Waals surface area contributed by atoms with Crippen LogP contribution in [-0.4, -0.2) is 48.9 Å². The maximum atomic E-state index is 11.0. The van der Waals surface area contributed by atoms with Crippen molar-refractivity contribution in [3.05, 3.63) is 0 Å². The lowest BCUT2D eigenvalue weighted by molar-refractivity contribution is -0.162. The van der Waals surface area contributed by atoms with E-state index in [0.29, 0.717) is 5.75 Å². The number of ether oxygens (including phenoxy) is 3. The number of hydrogen-bond acceptors (Lipinski definition) is 6. The number of hydrogen-bond donors (Lipinski definition) is 0. The number of carbonyl (C=O) groups excluding carboxylic acids is 2. The summed E-state index contributed by atoms with van der Waals surface area (Å²) in [5, 5.41) is 0. The lowest BCUT2D eigenvalue weighted by Crippen LogP contribution is -2.38. The monoisotopic (exact) mass is 248 g/mol. The van der Waals surface area contributed by atoms with E-state index in [1.165, 1.54) is 13.8 Å². The standard InChI is InChI=1S/C10H16O5S/c1-6(11)14-8-4-13-9(5-16-3)10(8)15-7(2)12/h8-10H,4-5H2,1-3H3/t8-,9+,10-/m0/s1. The summed E-state index contributed by atoms with van der Waals surface area (Å²) in [5.74, 6) is -0.0790.